The minimum Gasteiger partial charge on any atom is -0.493 e. The van der Waals surface area contributed by atoms with Gasteiger partial charge >= 0.3 is 0 Å². The molecule has 1 saturated heterocycles. The Hall–Kier alpha value is -2.84. The van der Waals surface area contributed by atoms with Crippen LogP contribution >= 0.6 is 0 Å². The zero-order chi connectivity index (χ0) is 22.7. The summed E-state index contributed by atoms with van der Waals surface area (Å²) in [7, 11) is -2.05. The Morgan fingerprint density at radius 2 is 1.78 bits per heavy atom. The van der Waals surface area contributed by atoms with Crippen molar-refractivity contribution in [1.82, 2.24) is 9.21 Å². The Balaban J connectivity index is 1.43. The van der Waals surface area contributed by atoms with E-state index in [-0.39, 0.29) is 19.0 Å². The van der Waals surface area contributed by atoms with Gasteiger partial charge in [0.2, 0.25) is 10.0 Å². The molecule has 32 heavy (non-hydrogen) atoms. The summed E-state index contributed by atoms with van der Waals surface area (Å²) in [5.74, 6) is 0.845. The highest BCUT2D eigenvalue weighted by molar-refractivity contribution is 7.89. The molecule has 7 nitrogen and oxygen atoms in total. The molecule has 2 aliphatic rings. The summed E-state index contributed by atoms with van der Waals surface area (Å²) in [4.78, 5) is 15.0. The summed E-state index contributed by atoms with van der Waals surface area (Å²) < 4.78 is 38.6. The van der Waals surface area contributed by atoms with Crippen LogP contribution in [0.3, 0.4) is 0 Å². The molecule has 0 N–H and O–H groups in total. The lowest BCUT2D eigenvalue weighted by Gasteiger charge is -2.34. The number of hydrogen-bond acceptors (Lipinski definition) is 5. The van der Waals surface area contributed by atoms with E-state index in [0.29, 0.717) is 41.7 Å². The van der Waals surface area contributed by atoms with Crippen LogP contribution < -0.4 is 9.47 Å². The van der Waals surface area contributed by atoms with E-state index >= 15 is 0 Å². The molecule has 0 bridgehead atoms. The van der Waals surface area contributed by atoms with E-state index in [4.69, 9.17) is 9.47 Å². The normalized spacial score (nSPS) is 16.5. The molecular weight excluding hydrogens is 428 g/mol. The van der Waals surface area contributed by atoms with E-state index in [1.54, 1.807) is 35.2 Å². The van der Waals surface area contributed by atoms with Crippen LogP contribution in [0.5, 0.6) is 11.5 Å². The second kappa shape index (κ2) is 9.34. The average Bonchev–Trinajstić information content (AvgIpc) is 3.30. The molecule has 1 aliphatic carbocycles. The molecule has 1 heterocycles. The average molecular weight is 457 g/mol. The molecule has 2 aromatic carbocycles. The maximum atomic E-state index is 13.1. The number of hydrogen-bond donors (Lipinski definition) is 0. The summed E-state index contributed by atoms with van der Waals surface area (Å²) in [6.07, 6.45) is 4.66. The lowest BCUT2D eigenvalue weighted by molar-refractivity contribution is 0.0697. The molecule has 1 amide bonds. The first kappa shape index (κ1) is 22.4. The van der Waals surface area contributed by atoms with Gasteiger partial charge in [0.05, 0.1) is 12.0 Å². The van der Waals surface area contributed by atoms with Crippen LogP contribution in [0.1, 0.15) is 27.9 Å². The molecule has 1 fully saturated rings. The molecule has 0 aromatic heterocycles. The summed E-state index contributed by atoms with van der Waals surface area (Å²) in [5.41, 5.74) is 2.85. The summed E-state index contributed by atoms with van der Waals surface area (Å²) in [5, 5.41) is 0. The van der Waals surface area contributed by atoms with Crippen LogP contribution in [0.4, 0.5) is 0 Å². The third-order valence-electron chi connectivity index (χ3n) is 6.00. The molecule has 0 atom stereocenters. The molecule has 0 spiro atoms. The first-order chi connectivity index (χ1) is 15.4. The summed E-state index contributed by atoms with van der Waals surface area (Å²) >= 11 is 0. The van der Waals surface area contributed by atoms with Crippen molar-refractivity contribution < 1.29 is 22.7 Å². The molecule has 0 unspecified atom stereocenters. The Morgan fingerprint density at radius 3 is 2.50 bits per heavy atom. The van der Waals surface area contributed by atoms with Crippen molar-refractivity contribution in [3.05, 3.63) is 65.7 Å². The number of nitrogens with zero attached hydrogens (tertiary/aromatic N) is 2. The number of piperazine rings is 1. The molecular formula is C24H28N2O5S. The summed E-state index contributed by atoms with van der Waals surface area (Å²) in [6.45, 7) is 5.16. The van der Waals surface area contributed by atoms with Crippen molar-refractivity contribution in [3.63, 3.8) is 0 Å². The Kier molecular flexibility index (Phi) is 6.53. The van der Waals surface area contributed by atoms with Crippen molar-refractivity contribution in [3.8, 4) is 11.5 Å². The minimum absolute atomic E-state index is 0.159. The topological polar surface area (TPSA) is 76.2 Å². The van der Waals surface area contributed by atoms with Crippen LogP contribution in [0.15, 0.2) is 53.9 Å². The van der Waals surface area contributed by atoms with Crippen molar-refractivity contribution in [1.29, 1.82) is 0 Å². The third-order valence-corrected chi connectivity index (χ3v) is 7.90. The molecule has 8 heteroatoms. The fourth-order valence-corrected chi connectivity index (χ4v) is 5.71. The van der Waals surface area contributed by atoms with Gasteiger partial charge in [0.1, 0.15) is 6.61 Å². The minimum atomic E-state index is -3.57. The van der Waals surface area contributed by atoms with Crippen LogP contribution in [0.25, 0.3) is 0 Å². The smallest absolute Gasteiger partial charge is 0.254 e. The Bertz CT molecular complexity index is 1120. The zero-order valence-electron chi connectivity index (χ0n) is 18.2. The fourth-order valence-electron chi connectivity index (χ4n) is 4.24. The first-order valence-corrected chi connectivity index (χ1v) is 12.2. The van der Waals surface area contributed by atoms with Gasteiger partial charge in [-0.15, -0.1) is 0 Å². The number of fused-ring (bicyclic) bond motifs is 1. The number of sulfonamides is 1. The molecule has 2 aromatic rings. The number of rotatable bonds is 7. The monoisotopic (exact) mass is 456 g/mol. The van der Waals surface area contributed by atoms with Gasteiger partial charge in [-0.3, -0.25) is 4.79 Å². The summed E-state index contributed by atoms with van der Waals surface area (Å²) in [6, 6.07) is 10.5. The SMILES string of the molecule is C=CCOc1ccc(C(=O)N2CCN(S(=O)(=O)c3ccc4c(c3)CCC4)CC2)cc1OC. The number of carbonyl (C=O) groups excluding carboxylic acids is 1. The lowest BCUT2D eigenvalue weighted by Crippen LogP contribution is -2.50. The maximum absolute atomic E-state index is 13.1. The Labute approximate surface area is 189 Å². The molecule has 0 saturated carbocycles. The first-order valence-electron chi connectivity index (χ1n) is 10.8. The number of benzene rings is 2. The largest absolute Gasteiger partial charge is 0.493 e. The van der Waals surface area contributed by atoms with Crippen molar-refractivity contribution >= 4 is 15.9 Å². The quantitative estimate of drug-likeness (QED) is 0.599. The molecule has 0 radical (unpaired) electrons. The predicted molar refractivity (Wildman–Crippen MR) is 122 cm³/mol. The van der Waals surface area contributed by atoms with Crippen LogP contribution in [-0.2, 0) is 22.9 Å². The van der Waals surface area contributed by atoms with Crippen LogP contribution in [-0.4, -0.2) is 63.4 Å². The van der Waals surface area contributed by atoms with Gasteiger partial charge < -0.3 is 14.4 Å². The standard InChI is InChI=1S/C24H28N2O5S/c1-3-15-31-22-10-8-20(17-23(22)30-2)24(27)25-11-13-26(14-12-25)32(28,29)21-9-7-18-5-4-6-19(18)16-21/h3,7-10,16-17H,1,4-6,11-15H2,2H3. The number of methoxy groups -OCH3 is 1. The highest BCUT2D eigenvalue weighted by Crippen LogP contribution is 2.29. The van der Waals surface area contributed by atoms with Crippen LogP contribution in [0, 0.1) is 0 Å². The Morgan fingerprint density at radius 1 is 1.03 bits per heavy atom. The van der Waals surface area contributed by atoms with E-state index < -0.39 is 10.0 Å². The predicted octanol–water partition coefficient (Wildman–Crippen LogP) is 2.90. The molecule has 4 rings (SSSR count). The van der Waals surface area contributed by atoms with E-state index in [0.717, 1.165) is 24.8 Å². The number of ether oxygens (including phenoxy) is 2. The van der Waals surface area contributed by atoms with E-state index in [9.17, 15) is 13.2 Å². The van der Waals surface area contributed by atoms with E-state index in [2.05, 4.69) is 6.58 Å². The van der Waals surface area contributed by atoms with Gasteiger partial charge in [-0.25, -0.2) is 8.42 Å². The van der Waals surface area contributed by atoms with Crippen molar-refractivity contribution in [2.75, 3.05) is 39.9 Å². The van der Waals surface area contributed by atoms with Crippen LogP contribution in [0.2, 0.25) is 0 Å². The molecule has 170 valence electrons. The van der Waals surface area contributed by atoms with Gasteiger partial charge in [-0.1, -0.05) is 18.7 Å². The highest BCUT2D eigenvalue weighted by Gasteiger charge is 2.31. The fraction of sp³-hybridized carbons (Fsp3) is 0.375. The van der Waals surface area contributed by atoms with Gasteiger partial charge in [0, 0.05) is 31.7 Å². The van der Waals surface area contributed by atoms with E-state index in [1.165, 1.54) is 17.0 Å². The lowest BCUT2D eigenvalue weighted by atomic mass is 10.1. The zero-order valence-corrected chi connectivity index (χ0v) is 19.1. The number of carbonyl (C=O) groups is 1. The number of aryl methyl sites for hydroxylation is 2. The van der Waals surface area contributed by atoms with Gasteiger partial charge in [-0.2, -0.15) is 4.31 Å². The van der Waals surface area contributed by atoms with Crippen molar-refractivity contribution in [2.24, 2.45) is 0 Å². The van der Waals surface area contributed by atoms with Gasteiger partial charge in [-0.05, 0) is 60.7 Å². The highest BCUT2D eigenvalue weighted by atomic mass is 32.2. The van der Waals surface area contributed by atoms with E-state index in [1.807, 2.05) is 12.1 Å². The van der Waals surface area contributed by atoms with Crippen molar-refractivity contribution in [2.45, 2.75) is 24.2 Å². The maximum Gasteiger partial charge on any atom is 0.254 e. The second-order valence-electron chi connectivity index (χ2n) is 7.95. The third kappa shape index (κ3) is 4.38. The number of amides is 1. The second-order valence-corrected chi connectivity index (χ2v) is 9.88. The van der Waals surface area contributed by atoms with Gasteiger partial charge in [0.15, 0.2) is 11.5 Å². The molecule has 1 aliphatic heterocycles. The van der Waals surface area contributed by atoms with Gasteiger partial charge in [0.25, 0.3) is 5.91 Å².